The van der Waals surface area contributed by atoms with Gasteiger partial charge in [0.15, 0.2) is 0 Å². The number of rotatable bonds is 14. The van der Waals surface area contributed by atoms with E-state index in [1.54, 1.807) is 0 Å². The first kappa shape index (κ1) is 28.8. The van der Waals surface area contributed by atoms with Crippen LogP contribution in [-0.2, 0) is 9.47 Å². The standard InChI is InChI=1S/C31H54N6O2/c1-8-32-25-35-26(33-15-9-17-38-30-19-21(2)11-13-23(30)28(30,4)5)37-27(36-25)34-16-10-18-39-31-20-22(3)12-14-24(31)29(31,6)7/h21-24H,8-20H2,1-7H3,(H3,32,33,34,35,36,37). The average Bonchev–Trinajstić information content (AvgIpc) is 3.57. The molecule has 3 N–H and O–H groups in total. The molecule has 0 aliphatic heterocycles. The van der Waals surface area contributed by atoms with Crippen molar-refractivity contribution in [3.8, 4) is 0 Å². The summed E-state index contributed by atoms with van der Waals surface area (Å²) in [7, 11) is 0. The average molecular weight is 543 g/mol. The van der Waals surface area contributed by atoms with Crippen molar-refractivity contribution in [2.75, 3.05) is 48.8 Å². The minimum atomic E-state index is 0.0991. The fraction of sp³-hybridized carbons (Fsp3) is 0.903. The summed E-state index contributed by atoms with van der Waals surface area (Å²) in [6.07, 6.45) is 9.58. The molecular formula is C31H54N6O2. The van der Waals surface area contributed by atoms with Crippen LogP contribution in [0.1, 0.15) is 99.8 Å². The lowest BCUT2D eigenvalue weighted by Crippen LogP contribution is -2.28. The number of hydrogen-bond donors (Lipinski definition) is 3. The van der Waals surface area contributed by atoms with E-state index < -0.39 is 0 Å². The van der Waals surface area contributed by atoms with E-state index in [0.29, 0.717) is 28.7 Å². The molecule has 8 heteroatoms. The first-order valence-corrected chi connectivity index (χ1v) is 15.8. The van der Waals surface area contributed by atoms with Gasteiger partial charge >= 0.3 is 0 Å². The molecule has 39 heavy (non-hydrogen) atoms. The molecule has 1 aromatic heterocycles. The fourth-order valence-electron chi connectivity index (χ4n) is 8.50. The zero-order valence-corrected chi connectivity index (χ0v) is 25.7. The van der Waals surface area contributed by atoms with Crippen LogP contribution in [0.5, 0.6) is 0 Å². The van der Waals surface area contributed by atoms with Crippen LogP contribution < -0.4 is 16.0 Å². The summed E-state index contributed by atoms with van der Waals surface area (Å²) in [6.45, 7) is 20.2. The molecule has 0 spiro atoms. The lowest BCUT2D eigenvalue weighted by Gasteiger charge is -2.28. The van der Waals surface area contributed by atoms with Crippen LogP contribution in [0.2, 0.25) is 0 Å². The summed E-state index contributed by atoms with van der Waals surface area (Å²) in [6, 6.07) is 0. The molecule has 4 aliphatic carbocycles. The summed E-state index contributed by atoms with van der Waals surface area (Å²) in [4.78, 5) is 13.8. The Hall–Kier alpha value is -1.67. The second-order valence-corrected chi connectivity index (χ2v) is 14.2. The first-order valence-electron chi connectivity index (χ1n) is 15.8. The van der Waals surface area contributed by atoms with Crippen LogP contribution in [0.15, 0.2) is 0 Å². The van der Waals surface area contributed by atoms with Crippen LogP contribution in [0.25, 0.3) is 0 Å². The van der Waals surface area contributed by atoms with Gasteiger partial charge in [0.25, 0.3) is 0 Å². The van der Waals surface area contributed by atoms with E-state index in [9.17, 15) is 0 Å². The Kier molecular flexibility index (Phi) is 8.10. The van der Waals surface area contributed by atoms with Crippen LogP contribution in [-0.4, -0.2) is 59.0 Å². The molecule has 0 bridgehead atoms. The summed E-state index contributed by atoms with van der Waals surface area (Å²) >= 11 is 0. The van der Waals surface area contributed by atoms with Crippen molar-refractivity contribution in [2.45, 2.75) is 111 Å². The Morgan fingerprint density at radius 1 is 0.667 bits per heavy atom. The second kappa shape index (κ2) is 11.0. The third-order valence-corrected chi connectivity index (χ3v) is 11.0. The Morgan fingerprint density at radius 2 is 1.08 bits per heavy atom. The summed E-state index contributed by atoms with van der Waals surface area (Å²) < 4.78 is 13.1. The number of hydrogen-bond acceptors (Lipinski definition) is 8. The Bertz CT molecular complexity index is 929. The highest BCUT2D eigenvalue weighted by molar-refractivity contribution is 5.42. The molecule has 1 heterocycles. The lowest BCUT2D eigenvalue weighted by atomic mass is 9.88. The summed E-state index contributed by atoms with van der Waals surface area (Å²) in [5.41, 5.74) is 0.831. The Labute approximate surface area is 236 Å². The smallest absolute Gasteiger partial charge is 0.229 e. The van der Waals surface area contributed by atoms with Gasteiger partial charge in [-0.15, -0.1) is 0 Å². The van der Waals surface area contributed by atoms with E-state index in [0.717, 1.165) is 69.4 Å². The molecule has 6 unspecified atom stereocenters. The molecular weight excluding hydrogens is 488 g/mol. The molecule has 6 atom stereocenters. The number of ether oxygens (including phenoxy) is 2. The van der Waals surface area contributed by atoms with Crippen LogP contribution >= 0.6 is 0 Å². The van der Waals surface area contributed by atoms with Crippen molar-refractivity contribution >= 4 is 17.8 Å². The highest BCUT2D eigenvalue weighted by Gasteiger charge is 2.73. The lowest BCUT2D eigenvalue weighted by molar-refractivity contribution is -0.0253. The third kappa shape index (κ3) is 5.37. The predicted molar refractivity (Wildman–Crippen MR) is 158 cm³/mol. The maximum Gasteiger partial charge on any atom is 0.229 e. The number of nitrogens with one attached hydrogen (secondary N) is 3. The number of aromatic nitrogens is 3. The molecule has 4 fully saturated rings. The van der Waals surface area contributed by atoms with Crippen LogP contribution in [0.4, 0.5) is 17.8 Å². The first-order chi connectivity index (χ1) is 18.6. The maximum atomic E-state index is 6.57. The van der Waals surface area contributed by atoms with Gasteiger partial charge in [-0.05, 0) is 80.0 Å². The van der Waals surface area contributed by atoms with Gasteiger partial charge < -0.3 is 25.4 Å². The van der Waals surface area contributed by atoms with Crippen molar-refractivity contribution in [1.82, 2.24) is 15.0 Å². The normalized spacial score (nSPS) is 35.5. The molecule has 0 radical (unpaired) electrons. The molecule has 220 valence electrons. The highest BCUT2D eigenvalue weighted by atomic mass is 16.5. The van der Waals surface area contributed by atoms with Gasteiger partial charge in [0.05, 0.1) is 11.2 Å². The molecule has 1 aromatic rings. The largest absolute Gasteiger partial charge is 0.374 e. The van der Waals surface area contributed by atoms with E-state index in [2.05, 4.69) is 79.4 Å². The molecule has 0 aromatic carbocycles. The van der Waals surface area contributed by atoms with Gasteiger partial charge in [-0.2, -0.15) is 15.0 Å². The Balaban J connectivity index is 1.06. The van der Waals surface area contributed by atoms with E-state index in [1.807, 2.05) is 0 Å². The molecule has 5 rings (SSSR count). The topological polar surface area (TPSA) is 93.2 Å². The maximum absolute atomic E-state index is 6.57. The predicted octanol–water partition coefficient (Wildman–Crippen LogP) is 6.37. The van der Waals surface area contributed by atoms with Crippen molar-refractivity contribution in [3.05, 3.63) is 0 Å². The Morgan fingerprint density at radius 3 is 1.49 bits per heavy atom. The molecule has 0 amide bonds. The number of fused-ring (bicyclic) bond motifs is 2. The summed E-state index contributed by atoms with van der Waals surface area (Å²) in [5.74, 6) is 4.78. The van der Waals surface area contributed by atoms with E-state index in [4.69, 9.17) is 9.47 Å². The van der Waals surface area contributed by atoms with Crippen molar-refractivity contribution in [2.24, 2.45) is 34.5 Å². The van der Waals surface area contributed by atoms with Gasteiger partial charge in [0, 0.05) is 32.8 Å². The van der Waals surface area contributed by atoms with Gasteiger partial charge in [0.2, 0.25) is 17.8 Å². The monoisotopic (exact) mass is 542 g/mol. The fourth-order valence-corrected chi connectivity index (χ4v) is 8.50. The van der Waals surface area contributed by atoms with E-state index >= 15 is 0 Å². The molecule has 0 saturated heterocycles. The molecule has 8 nitrogen and oxygen atoms in total. The number of nitrogens with zero attached hydrogens (tertiary/aromatic N) is 3. The SMILES string of the molecule is CCNc1nc(NCCCOC23CC(C)CCC2C3(C)C)nc(NCCCOC23CC(C)CCC2C3(C)C)n1. The zero-order chi connectivity index (χ0) is 27.9. The van der Waals surface area contributed by atoms with Gasteiger partial charge in [0.1, 0.15) is 0 Å². The van der Waals surface area contributed by atoms with E-state index in [1.165, 1.54) is 38.5 Å². The van der Waals surface area contributed by atoms with Gasteiger partial charge in [-0.3, -0.25) is 0 Å². The van der Waals surface area contributed by atoms with Crippen molar-refractivity contribution in [1.29, 1.82) is 0 Å². The molecule has 4 aliphatic rings. The minimum absolute atomic E-state index is 0.0991. The van der Waals surface area contributed by atoms with Crippen LogP contribution in [0, 0.1) is 34.5 Å². The van der Waals surface area contributed by atoms with E-state index in [-0.39, 0.29) is 11.2 Å². The van der Waals surface area contributed by atoms with Crippen molar-refractivity contribution < 1.29 is 9.47 Å². The van der Waals surface area contributed by atoms with Crippen LogP contribution in [0.3, 0.4) is 0 Å². The third-order valence-electron chi connectivity index (χ3n) is 11.0. The number of anilines is 3. The van der Waals surface area contributed by atoms with Gasteiger partial charge in [-0.25, -0.2) is 0 Å². The minimum Gasteiger partial charge on any atom is -0.374 e. The zero-order valence-electron chi connectivity index (χ0n) is 25.7. The highest BCUT2D eigenvalue weighted by Crippen LogP contribution is 2.71. The summed E-state index contributed by atoms with van der Waals surface area (Å²) in [5, 5.41) is 10.0. The molecule has 4 saturated carbocycles. The quantitative estimate of drug-likeness (QED) is 0.234. The van der Waals surface area contributed by atoms with Gasteiger partial charge in [-0.1, -0.05) is 54.4 Å². The van der Waals surface area contributed by atoms with Crippen molar-refractivity contribution in [3.63, 3.8) is 0 Å². The second-order valence-electron chi connectivity index (χ2n) is 14.2.